The van der Waals surface area contributed by atoms with Gasteiger partial charge in [-0.05, 0) is 42.0 Å². The third-order valence-electron chi connectivity index (χ3n) is 3.73. The van der Waals surface area contributed by atoms with Crippen molar-refractivity contribution in [2.24, 2.45) is 0 Å². The van der Waals surface area contributed by atoms with Crippen molar-refractivity contribution in [1.82, 2.24) is 5.16 Å². The third kappa shape index (κ3) is 4.81. The van der Waals surface area contributed by atoms with Gasteiger partial charge in [-0.2, -0.15) is 13.2 Å². The summed E-state index contributed by atoms with van der Waals surface area (Å²) in [5, 5.41) is 6.19. The monoisotopic (exact) mass is 392 g/mol. The minimum absolute atomic E-state index is 0.000421. The molecule has 9 heteroatoms. The molecule has 0 aliphatic heterocycles. The Hall–Kier alpha value is -3.49. The van der Waals surface area contributed by atoms with E-state index in [1.54, 1.807) is 30.3 Å². The van der Waals surface area contributed by atoms with Gasteiger partial charge in [-0.3, -0.25) is 5.32 Å². The molecule has 2 aromatic carbocycles. The lowest BCUT2D eigenvalue weighted by molar-refractivity contribution is -0.137. The highest BCUT2D eigenvalue weighted by Gasteiger charge is 2.30. The molecule has 3 aromatic rings. The molecule has 28 heavy (non-hydrogen) atoms. The number of hydrogen-bond acceptors (Lipinski definition) is 5. The summed E-state index contributed by atoms with van der Waals surface area (Å²) in [7, 11) is 1.23. The third-order valence-corrected chi connectivity index (χ3v) is 3.73. The second-order valence-corrected chi connectivity index (χ2v) is 5.70. The van der Waals surface area contributed by atoms with Crippen LogP contribution in [0.25, 0.3) is 11.3 Å². The van der Waals surface area contributed by atoms with Gasteiger partial charge in [0, 0.05) is 11.6 Å². The molecule has 1 heterocycles. The Kier molecular flexibility index (Phi) is 5.53. The number of nitrogens with one attached hydrogen (secondary N) is 1. The van der Waals surface area contributed by atoms with Crippen molar-refractivity contribution in [1.29, 1.82) is 0 Å². The lowest BCUT2D eigenvalue weighted by atomic mass is 10.1. The number of aromatic nitrogens is 1. The van der Waals surface area contributed by atoms with Crippen LogP contribution in [0.1, 0.15) is 11.1 Å². The Morgan fingerprint density at radius 3 is 2.57 bits per heavy atom. The van der Waals surface area contributed by atoms with Crippen molar-refractivity contribution >= 4 is 12.0 Å². The number of carbonyl (C=O) groups is 1. The number of halogens is 3. The number of amides is 1. The molecule has 1 N–H and O–H groups in total. The van der Waals surface area contributed by atoms with E-state index < -0.39 is 17.8 Å². The largest absolute Gasteiger partial charge is 0.489 e. The summed E-state index contributed by atoms with van der Waals surface area (Å²) < 4.78 is 53.2. The minimum atomic E-state index is -4.39. The number of anilines is 1. The summed E-state index contributed by atoms with van der Waals surface area (Å²) >= 11 is 0. The van der Waals surface area contributed by atoms with Gasteiger partial charge in [0.15, 0.2) is 0 Å². The Bertz CT molecular complexity index is 952. The topological polar surface area (TPSA) is 73.6 Å². The molecule has 0 unspecified atom stereocenters. The lowest BCUT2D eigenvalue weighted by Gasteiger charge is -2.10. The van der Waals surface area contributed by atoms with Crippen molar-refractivity contribution in [2.75, 3.05) is 12.4 Å². The van der Waals surface area contributed by atoms with Gasteiger partial charge >= 0.3 is 12.3 Å². The van der Waals surface area contributed by atoms with Crippen molar-refractivity contribution in [3.8, 4) is 17.0 Å². The number of alkyl halides is 3. The van der Waals surface area contributed by atoms with E-state index in [-0.39, 0.29) is 12.5 Å². The van der Waals surface area contributed by atoms with Crippen LogP contribution < -0.4 is 10.1 Å². The van der Waals surface area contributed by atoms with Crippen LogP contribution in [0.4, 0.5) is 23.8 Å². The molecule has 0 saturated carbocycles. The molecule has 0 aliphatic carbocycles. The Morgan fingerprint density at radius 1 is 1.14 bits per heavy atom. The highest BCUT2D eigenvalue weighted by atomic mass is 19.4. The van der Waals surface area contributed by atoms with Crippen molar-refractivity contribution in [2.45, 2.75) is 12.8 Å². The quantitative estimate of drug-likeness (QED) is 0.653. The predicted molar refractivity (Wildman–Crippen MR) is 93.7 cm³/mol. The number of benzene rings is 2. The Morgan fingerprint density at radius 2 is 1.89 bits per heavy atom. The molecule has 0 bridgehead atoms. The molecule has 3 rings (SSSR count). The smallest absolute Gasteiger partial charge is 0.416 e. The number of ether oxygens (including phenoxy) is 2. The molecule has 0 saturated heterocycles. The first-order valence-corrected chi connectivity index (χ1v) is 8.06. The first-order valence-electron chi connectivity index (χ1n) is 8.06. The summed E-state index contributed by atoms with van der Waals surface area (Å²) in [6, 6.07) is 13.2. The molecule has 0 spiro atoms. The Labute approximate surface area is 157 Å². The SMILES string of the molecule is COC(=O)Nc1cc(-c2ccc(OCc3cccc(C(F)(F)F)c3)cc2)no1. The van der Waals surface area contributed by atoms with Crippen molar-refractivity contribution in [3.63, 3.8) is 0 Å². The lowest BCUT2D eigenvalue weighted by Crippen LogP contribution is -2.09. The zero-order chi connectivity index (χ0) is 20.1. The average Bonchev–Trinajstić information content (AvgIpc) is 3.14. The molecule has 0 fully saturated rings. The van der Waals surface area contributed by atoms with Crippen LogP contribution >= 0.6 is 0 Å². The van der Waals surface area contributed by atoms with Gasteiger partial charge in [0.25, 0.3) is 0 Å². The molecule has 1 aromatic heterocycles. The van der Waals surface area contributed by atoms with Crippen molar-refractivity contribution < 1.29 is 32.0 Å². The summed E-state index contributed by atoms with van der Waals surface area (Å²) in [5.41, 5.74) is 0.879. The highest BCUT2D eigenvalue weighted by molar-refractivity contribution is 5.83. The van der Waals surface area contributed by atoms with E-state index in [2.05, 4.69) is 15.2 Å². The first kappa shape index (κ1) is 19.3. The second kappa shape index (κ2) is 8.03. The van der Waals surface area contributed by atoms with E-state index in [0.717, 1.165) is 12.1 Å². The van der Waals surface area contributed by atoms with E-state index in [1.807, 2.05) is 0 Å². The maximum absolute atomic E-state index is 12.7. The van der Waals surface area contributed by atoms with E-state index >= 15 is 0 Å². The number of rotatable bonds is 5. The molecule has 6 nitrogen and oxygen atoms in total. The van der Waals surface area contributed by atoms with Crippen LogP contribution in [0.3, 0.4) is 0 Å². The summed E-state index contributed by atoms with van der Waals surface area (Å²) in [4.78, 5) is 11.1. The van der Waals surface area contributed by atoms with Crippen molar-refractivity contribution in [3.05, 3.63) is 65.7 Å². The van der Waals surface area contributed by atoms with Crippen LogP contribution in [0.15, 0.2) is 59.1 Å². The van der Waals surface area contributed by atoms with Gasteiger partial charge in [0.2, 0.25) is 5.88 Å². The van der Waals surface area contributed by atoms with Gasteiger partial charge in [-0.15, -0.1) is 0 Å². The normalized spacial score (nSPS) is 11.1. The number of hydrogen-bond donors (Lipinski definition) is 1. The fraction of sp³-hybridized carbons (Fsp3) is 0.158. The Balaban J connectivity index is 1.63. The number of carbonyl (C=O) groups excluding carboxylic acids is 1. The van der Waals surface area contributed by atoms with Crippen LogP contribution in [-0.2, 0) is 17.5 Å². The maximum atomic E-state index is 12.7. The van der Waals surface area contributed by atoms with E-state index in [1.165, 1.54) is 19.2 Å². The van der Waals surface area contributed by atoms with Gasteiger partial charge in [-0.1, -0.05) is 17.3 Å². The van der Waals surface area contributed by atoms with Crippen LogP contribution in [-0.4, -0.2) is 18.4 Å². The molecular formula is C19H15F3N2O4. The minimum Gasteiger partial charge on any atom is -0.489 e. The van der Waals surface area contributed by atoms with E-state index in [4.69, 9.17) is 9.26 Å². The van der Waals surface area contributed by atoms with Crippen LogP contribution in [0, 0.1) is 0 Å². The first-order chi connectivity index (χ1) is 13.3. The highest BCUT2D eigenvalue weighted by Crippen LogP contribution is 2.30. The average molecular weight is 392 g/mol. The molecule has 0 aliphatic rings. The molecule has 146 valence electrons. The zero-order valence-electron chi connectivity index (χ0n) is 14.6. The second-order valence-electron chi connectivity index (χ2n) is 5.70. The van der Waals surface area contributed by atoms with E-state index in [0.29, 0.717) is 22.6 Å². The van der Waals surface area contributed by atoms with Crippen LogP contribution in [0.2, 0.25) is 0 Å². The van der Waals surface area contributed by atoms with Gasteiger partial charge in [0.1, 0.15) is 18.1 Å². The number of nitrogens with zero attached hydrogens (tertiary/aromatic N) is 1. The van der Waals surface area contributed by atoms with Gasteiger partial charge in [0.05, 0.1) is 12.7 Å². The fourth-order valence-electron chi connectivity index (χ4n) is 2.35. The molecule has 1 amide bonds. The standard InChI is InChI=1S/C19H15F3N2O4/c1-26-18(25)23-17-10-16(24-28-17)13-5-7-15(8-6-13)27-11-12-3-2-4-14(9-12)19(20,21)22/h2-10H,11H2,1H3,(H,23,25). The predicted octanol–water partition coefficient (Wildman–Crippen LogP) is 5.12. The van der Waals surface area contributed by atoms with Gasteiger partial charge in [-0.25, -0.2) is 4.79 Å². The van der Waals surface area contributed by atoms with Gasteiger partial charge < -0.3 is 14.0 Å². The van der Waals surface area contributed by atoms with Crippen LogP contribution in [0.5, 0.6) is 5.75 Å². The summed E-state index contributed by atoms with van der Waals surface area (Å²) in [6.07, 6.45) is -5.07. The zero-order valence-corrected chi connectivity index (χ0v) is 14.6. The molecule has 0 radical (unpaired) electrons. The summed E-state index contributed by atoms with van der Waals surface area (Å²) in [5.74, 6) is 0.615. The number of methoxy groups -OCH3 is 1. The maximum Gasteiger partial charge on any atom is 0.416 e. The van der Waals surface area contributed by atoms with E-state index in [9.17, 15) is 18.0 Å². The fourth-order valence-corrected chi connectivity index (χ4v) is 2.35. The summed E-state index contributed by atoms with van der Waals surface area (Å²) in [6.45, 7) is 0.000421. The molecule has 0 atom stereocenters. The molecular weight excluding hydrogens is 377 g/mol.